The number of azo groups is 1. The Labute approximate surface area is 168 Å². The van der Waals surface area contributed by atoms with Crippen LogP contribution in [0.15, 0.2) is 79.8 Å². The molecule has 2 heterocycles. The molecule has 3 aromatic rings. The average molecular weight is 440 g/mol. The summed E-state index contributed by atoms with van der Waals surface area (Å²) in [6.07, 6.45) is 0. The second-order valence-corrected chi connectivity index (χ2v) is 7.62. The van der Waals surface area contributed by atoms with Crippen LogP contribution in [0.5, 0.6) is 0 Å². The Morgan fingerprint density at radius 3 is 2.59 bits per heavy atom. The van der Waals surface area contributed by atoms with E-state index in [1.165, 1.54) is 16.3 Å². The van der Waals surface area contributed by atoms with Crippen molar-refractivity contribution in [2.75, 3.05) is 5.01 Å². The van der Waals surface area contributed by atoms with E-state index in [0.717, 1.165) is 15.7 Å². The van der Waals surface area contributed by atoms with Gasteiger partial charge in [-0.3, -0.25) is 4.79 Å². The van der Waals surface area contributed by atoms with Crippen molar-refractivity contribution >= 4 is 49.7 Å². The van der Waals surface area contributed by atoms with Crippen LogP contribution in [0.2, 0.25) is 0 Å². The fourth-order valence-corrected chi connectivity index (χ4v) is 3.61. The monoisotopic (exact) mass is 439 g/mol. The second kappa shape index (κ2) is 7.50. The number of carbonyl (C=O) groups is 1. The van der Waals surface area contributed by atoms with Crippen molar-refractivity contribution < 1.29 is 4.79 Å². The zero-order valence-electron chi connectivity index (χ0n) is 14.3. The maximum Gasteiger partial charge on any atom is 0.282 e. The highest BCUT2D eigenvalue weighted by Gasteiger charge is 2.36. The molecule has 1 aromatic heterocycles. The van der Waals surface area contributed by atoms with Crippen molar-refractivity contribution in [3.8, 4) is 11.3 Å². The summed E-state index contributed by atoms with van der Waals surface area (Å²) in [6, 6.07) is 16.5. The van der Waals surface area contributed by atoms with Crippen LogP contribution in [0.3, 0.4) is 0 Å². The van der Waals surface area contributed by atoms with Gasteiger partial charge in [-0.15, -0.1) is 11.3 Å². The van der Waals surface area contributed by atoms with Gasteiger partial charge in [-0.25, -0.2) is 4.98 Å². The zero-order valence-corrected chi connectivity index (χ0v) is 16.7. The van der Waals surface area contributed by atoms with Gasteiger partial charge in [-0.05, 0) is 31.2 Å². The minimum Gasteiger partial charge on any atom is -0.269 e. The third-order valence-electron chi connectivity index (χ3n) is 3.95. The Bertz CT molecular complexity index is 1030. The highest BCUT2D eigenvalue weighted by molar-refractivity contribution is 9.10. The number of carbonyl (C=O) groups excluding carboxylic acids is 1. The highest BCUT2D eigenvalue weighted by Crippen LogP contribution is 2.30. The van der Waals surface area contributed by atoms with Crippen molar-refractivity contribution in [2.24, 2.45) is 15.3 Å². The lowest BCUT2D eigenvalue weighted by Gasteiger charge is -2.08. The van der Waals surface area contributed by atoms with Crippen LogP contribution in [-0.2, 0) is 4.79 Å². The maximum atomic E-state index is 12.8. The molecule has 1 aliphatic heterocycles. The van der Waals surface area contributed by atoms with Crippen LogP contribution < -0.4 is 5.01 Å². The fourth-order valence-electron chi connectivity index (χ4n) is 2.56. The van der Waals surface area contributed by atoms with Gasteiger partial charge >= 0.3 is 0 Å². The first-order valence-electron chi connectivity index (χ1n) is 8.18. The quantitative estimate of drug-likeness (QED) is 0.507. The molecule has 1 aliphatic rings. The third-order valence-corrected chi connectivity index (χ3v) is 5.30. The Balaban J connectivity index is 1.54. The van der Waals surface area contributed by atoms with Crippen molar-refractivity contribution in [1.29, 1.82) is 0 Å². The lowest BCUT2D eigenvalue weighted by molar-refractivity contribution is -0.117. The first-order valence-corrected chi connectivity index (χ1v) is 9.85. The van der Waals surface area contributed by atoms with Gasteiger partial charge in [0, 0.05) is 15.4 Å². The predicted octanol–water partition coefficient (Wildman–Crippen LogP) is 5.45. The molecule has 0 fully saturated rings. The zero-order chi connectivity index (χ0) is 18.8. The molecule has 0 unspecified atom stereocenters. The summed E-state index contributed by atoms with van der Waals surface area (Å²) in [5.41, 5.74) is 3.09. The summed E-state index contributed by atoms with van der Waals surface area (Å²) < 4.78 is 0.959. The summed E-state index contributed by atoms with van der Waals surface area (Å²) in [6.45, 7) is 1.77. The van der Waals surface area contributed by atoms with E-state index in [9.17, 15) is 4.79 Å². The van der Waals surface area contributed by atoms with Crippen LogP contribution >= 0.6 is 27.3 Å². The molecule has 0 saturated heterocycles. The number of hydrogen-bond donors (Lipinski definition) is 0. The number of rotatable bonds is 4. The Morgan fingerprint density at radius 1 is 1.11 bits per heavy atom. The van der Waals surface area contributed by atoms with E-state index in [4.69, 9.17) is 0 Å². The predicted molar refractivity (Wildman–Crippen MR) is 111 cm³/mol. The molecule has 6 nitrogen and oxygen atoms in total. The summed E-state index contributed by atoms with van der Waals surface area (Å²) in [5, 5.41) is 16.5. The topological polar surface area (TPSA) is 70.3 Å². The average Bonchev–Trinajstić information content (AvgIpc) is 3.27. The lowest BCUT2D eigenvalue weighted by Crippen LogP contribution is -2.29. The SMILES string of the molecule is CC1=NN(c2nc(-c3ccccc3)cs2)C(=O)[C@@H]1N=Nc1ccc(Br)cc1. The molecule has 0 saturated carbocycles. The molecule has 0 aliphatic carbocycles. The molecule has 1 amide bonds. The molecule has 0 radical (unpaired) electrons. The van der Waals surface area contributed by atoms with Gasteiger partial charge in [-0.1, -0.05) is 46.3 Å². The van der Waals surface area contributed by atoms with Gasteiger partial charge < -0.3 is 0 Å². The largest absolute Gasteiger partial charge is 0.282 e. The van der Waals surface area contributed by atoms with Crippen LogP contribution in [0.25, 0.3) is 11.3 Å². The Morgan fingerprint density at radius 2 is 1.85 bits per heavy atom. The fraction of sp³-hybridized carbons (Fsp3) is 0.105. The van der Waals surface area contributed by atoms with E-state index in [0.29, 0.717) is 16.5 Å². The first kappa shape index (κ1) is 17.7. The summed E-state index contributed by atoms with van der Waals surface area (Å²) in [7, 11) is 0. The molecule has 1 atom stereocenters. The standard InChI is InChI=1S/C19H14BrN5OS/c1-12-17(23-22-15-9-7-14(20)8-10-15)18(26)25(24-12)19-21-16(11-27-19)13-5-3-2-4-6-13/h2-11,17H,1H3/t17-/m1/s1. The van der Waals surface area contributed by atoms with Crippen molar-refractivity contribution in [3.05, 3.63) is 64.5 Å². The Kier molecular flexibility index (Phi) is 4.91. The van der Waals surface area contributed by atoms with E-state index in [1.807, 2.05) is 60.0 Å². The van der Waals surface area contributed by atoms with Gasteiger partial charge in [-0.2, -0.15) is 20.3 Å². The van der Waals surface area contributed by atoms with E-state index >= 15 is 0 Å². The number of amides is 1. The summed E-state index contributed by atoms with van der Waals surface area (Å²) >= 11 is 4.75. The molecule has 0 spiro atoms. The molecule has 4 rings (SSSR count). The second-order valence-electron chi connectivity index (χ2n) is 5.87. The number of halogens is 1. The number of thiazole rings is 1. The van der Waals surface area contributed by atoms with E-state index in [1.54, 1.807) is 6.92 Å². The van der Waals surface area contributed by atoms with E-state index in [2.05, 4.69) is 36.2 Å². The molecule has 2 aromatic carbocycles. The smallest absolute Gasteiger partial charge is 0.269 e. The van der Waals surface area contributed by atoms with Gasteiger partial charge in [0.1, 0.15) is 0 Å². The highest BCUT2D eigenvalue weighted by atomic mass is 79.9. The number of aromatic nitrogens is 1. The van der Waals surface area contributed by atoms with E-state index < -0.39 is 6.04 Å². The minimum absolute atomic E-state index is 0.248. The molecule has 134 valence electrons. The molecular weight excluding hydrogens is 426 g/mol. The number of hydrogen-bond acceptors (Lipinski definition) is 6. The van der Waals surface area contributed by atoms with Crippen LogP contribution in [0.4, 0.5) is 10.8 Å². The lowest BCUT2D eigenvalue weighted by atomic mass is 10.2. The van der Waals surface area contributed by atoms with Crippen molar-refractivity contribution in [3.63, 3.8) is 0 Å². The summed E-state index contributed by atoms with van der Waals surface area (Å²) in [5.74, 6) is -0.248. The van der Waals surface area contributed by atoms with Crippen molar-refractivity contribution in [1.82, 2.24) is 4.98 Å². The van der Waals surface area contributed by atoms with E-state index in [-0.39, 0.29) is 5.91 Å². The first-order chi connectivity index (χ1) is 13.1. The Hall–Kier alpha value is -2.71. The number of benzene rings is 2. The molecule has 0 N–H and O–H groups in total. The number of nitrogens with zero attached hydrogens (tertiary/aromatic N) is 5. The van der Waals surface area contributed by atoms with Crippen LogP contribution in [0.1, 0.15) is 6.92 Å². The van der Waals surface area contributed by atoms with Gasteiger partial charge in [0.25, 0.3) is 5.91 Å². The number of anilines is 1. The molecular formula is C19H14BrN5OS. The van der Waals surface area contributed by atoms with Gasteiger partial charge in [0.15, 0.2) is 6.04 Å². The minimum atomic E-state index is -0.724. The number of hydrazone groups is 1. The van der Waals surface area contributed by atoms with Gasteiger partial charge in [0.05, 0.1) is 17.1 Å². The third kappa shape index (κ3) is 3.72. The molecule has 8 heteroatoms. The van der Waals surface area contributed by atoms with Gasteiger partial charge in [0.2, 0.25) is 5.13 Å². The maximum absolute atomic E-state index is 12.8. The normalized spacial score (nSPS) is 17.0. The van der Waals surface area contributed by atoms with Crippen LogP contribution in [-0.4, -0.2) is 22.6 Å². The van der Waals surface area contributed by atoms with Crippen LogP contribution in [0, 0.1) is 0 Å². The molecule has 27 heavy (non-hydrogen) atoms. The summed E-state index contributed by atoms with van der Waals surface area (Å²) in [4.78, 5) is 17.3. The molecule has 0 bridgehead atoms. The van der Waals surface area contributed by atoms with Crippen molar-refractivity contribution in [2.45, 2.75) is 13.0 Å².